The van der Waals surface area contributed by atoms with Crippen LogP contribution in [0.2, 0.25) is 0 Å². The second-order valence-electron chi connectivity index (χ2n) is 4.02. The van der Waals surface area contributed by atoms with E-state index in [1.165, 1.54) is 30.3 Å². The Hall–Kier alpha value is -1.63. The Morgan fingerprint density at radius 2 is 1.89 bits per heavy atom. The maximum Gasteiger partial charge on any atom is 0.228 e. The average Bonchev–Trinajstić information content (AvgIpc) is 2.36. The van der Waals surface area contributed by atoms with Crippen LogP contribution >= 0.6 is 22.6 Å². The summed E-state index contributed by atoms with van der Waals surface area (Å²) in [4.78, 5) is 11.8. The van der Waals surface area contributed by atoms with Gasteiger partial charge in [0, 0.05) is 3.57 Å². The third kappa shape index (κ3) is 3.92. The lowest BCUT2D eigenvalue weighted by atomic mass is 10.1. The molecule has 5 heteroatoms. The molecule has 3 nitrogen and oxygen atoms in total. The number of benzene rings is 2. The maximum atomic E-state index is 12.9. The number of hydrogen-bond donors (Lipinski definition) is 2. The number of carbonyl (C=O) groups is 1. The fourth-order valence-electron chi connectivity index (χ4n) is 1.58. The summed E-state index contributed by atoms with van der Waals surface area (Å²) < 4.78 is 13.6. The molecule has 19 heavy (non-hydrogen) atoms. The monoisotopic (exact) mass is 371 g/mol. The van der Waals surface area contributed by atoms with Gasteiger partial charge in [-0.25, -0.2) is 4.39 Å². The van der Waals surface area contributed by atoms with Gasteiger partial charge in [0.1, 0.15) is 11.6 Å². The van der Waals surface area contributed by atoms with Crippen LogP contribution in [0.25, 0.3) is 0 Å². The largest absolute Gasteiger partial charge is 0.508 e. The van der Waals surface area contributed by atoms with Gasteiger partial charge in [-0.2, -0.15) is 0 Å². The summed E-state index contributed by atoms with van der Waals surface area (Å²) in [6.45, 7) is 0. The number of aromatic hydroxyl groups is 1. The Labute approximate surface area is 123 Å². The summed E-state index contributed by atoms with van der Waals surface area (Å²) in [5.74, 6) is -0.353. The van der Waals surface area contributed by atoms with Gasteiger partial charge in [0.2, 0.25) is 5.91 Å². The van der Waals surface area contributed by atoms with Gasteiger partial charge >= 0.3 is 0 Å². The third-order valence-electron chi connectivity index (χ3n) is 2.51. The number of halogens is 2. The van der Waals surface area contributed by atoms with E-state index >= 15 is 0 Å². The minimum absolute atomic E-state index is 0.164. The van der Waals surface area contributed by atoms with Crippen LogP contribution in [-0.4, -0.2) is 11.0 Å². The third-order valence-corrected chi connectivity index (χ3v) is 3.40. The molecule has 2 rings (SSSR count). The molecule has 0 aliphatic rings. The molecule has 2 aromatic rings. The molecule has 0 heterocycles. The van der Waals surface area contributed by atoms with E-state index in [0.717, 1.165) is 5.56 Å². The van der Waals surface area contributed by atoms with Crippen molar-refractivity contribution < 1.29 is 14.3 Å². The van der Waals surface area contributed by atoms with Crippen LogP contribution in [0.1, 0.15) is 5.56 Å². The highest BCUT2D eigenvalue weighted by molar-refractivity contribution is 14.1. The van der Waals surface area contributed by atoms with Gasteiger partial charge < -0.3 is 10.4 Å². The summed E-state index contributed by atoms with van der Waals surface area (Å²) in [6, 6.07) is 10.6. The van der Waals surface area contributed by atoms with Crippen molar-refractivity contribution in [1.29, 1.82) is 0 Å². The fourth-order valence-corrected chi connectivity index (χ4v) is 2.20. The quantitative estimate of drug-likeness (QED) is 0.814. The SMILES string of the molecule is O=C(Cc1ccc(O)cc1)Nc1ccc(F)cc1I. The lowest BCUT2D eigenvalue weighted by molar-refractivity contribution is -0.115. The summed E-state index contributed by atoms with van der Waals surface area (Å²) in [6.07, 6.45) is 0.202. The van der Waals surface area contributed by atoms with Crippen LogP contribution in [0.4, 0.5) is 10.1 Å². The second-order valence-corrected chi connectivity index (χ2v) is 5.18. The molecular formula is C14H11FINO2. The first kappa shape index (κ1) is 13.8. The lowest BCUT2D eigenvalue weighted by Gasteiger charge is -2.07. The van der Waals surface area contributed by atoms with Gasteiger partial charge in [-0.05, 0) is 58.5 Å². The van der Waals surface area contributed by atoms with Gasteiger partial charge in [-0.15, -0.1) is 0 Å². The molecule has 0 aliphatic heterocycles. The number of phenolic OH excluding ortho intramolecular Hbond substituents is 1. The molecule has 0 spiro atoms. The highest BCUT2D eigenvalue weighted by Gasteiger charge is 2.07. The smallest absolute Gasteiger partial charge is 0.228 e. The molecule has 2 aromatic carbocycles. The van der Waals surface area contributed by atoms with Crippen molar-refractivity contribution in [3.8, 4) is 5.75 Å². The van der Waals surface area contributed by atoms with E-state index in [1.54, 1.807) is 12.1 Å². The Balaban J connectivity index is 2.03. The van der Waals surface area contributed by atoms with Crippen LogP contribution in [0.15, 0.2) is 42.5 Å². The Kier molecular flexibility index (Phi) is 4.36. The van der Waals surface area contributed by atoms with E-state index in [1.807, 2.05) is 22.6 Å². The topological polar surface area (TPSA) is 49.3 Å². The van der Waals surface area contributed by atoms with Gasteiger partial charge in [0.15, 0.2) is 0 Å². The van der Waals surface area contributed by atoms with E-state index in [9.17, 15) is 9.18 Å². The number of anilines is 1. The average molecular weight is 371 g/mol. The predicted octanol–water partition coefficient (Wildman–Crippen LogP) is 3.32. The highest BCUT2D eigenvalue weighted by atomic mass is 127. The first-order chi connectivity index (χ1) is 9.04. The van der Waals surface area contributed by atoms with Crippen LogP contribution in [0.3, 0.4) is 0 Å². The van der Waals surface area contributed by atoms with Crippen molar-refractivity contribution in [3.05, 3.63) is 57.4 Å². The van der Waals surface area contributed by atoms with Crippen molar-refractivity contribution >= 4 is 34.2 Å². The standard InChI is InChI=1S/C14H11FINO2/c15-10-3-6-13(12(16)8-10)17-14(19)7-9-1-4-11(18)5-2-9/h1-6,8,18H,7H2,(H,17,19). The van der Waals surface area contributed by atoms with E-state index in [-0.39, 0.29) is 23.9 Å². The molecule has 0 bridgehead atoms. The first-order valence-electron chi connectivity index (χ1n) is 5.57. The van der Waals surface area contributed by atoms with E-state index in [4.69, 9.17) is 5.11 Å². The van der Waals surface area contributed by atoms with Gasteiger partial charge in [0.05, 0.1) is 12.1 Å². The van der Waals surface area contributed by atoms with Crippen LogP contribution in [-0.2, 0) is 11.2 Å². The zero-order valence-electron chi connectivity index (χ0n) is 9.86. The first-order valence-corrected chi connectivity index (χ1v) is 6.65. The number of phenols is 1. The Morgan fingerprint density at radius 1 is 1.21 bits per heavy atom. The number of rotatable bonds is 3. The highest BCUT2D eigenvalue weighted by Crippen LogP contribution is 2.19. The second kappa shape index (κ2) is 6.01. The molecule has 0 atom stereocenters. The number of amides is 1. The zero-order chi connectivity index (χ0) is 13.8. The fraction of sp³-hybridized carbons (Fsp3) is 0.0714. The van der Waals surface area contributed by atoms with Crippen molar-refractivity contribution in [1.82, 2.24) is 0 Å². The summed E-state index contributed by atoms with van der Waals surface area (Å²) >= 11 is 1.97. The van der Waals surface area contributed by atoms with Gasteiger partial charge in [-0.3, -0.25) is 4.79 Å². The van der Waals surface area contributed by atoms with Crippen LogP contribution in [0, 0.1) is 9.39 Å². The van der Waals surface area contributed by atoms with Crippen molar-refractivity contribution in [2.75, 3.05) is 5.32 Å². The molecule has 0 aliphatic carbocycles. The minimum Gasteiger partial charge on any atom is -0.508 e. The Morgan fingerprint density at radius 3 is 2.53 bits per heavy atom. The molecule has 0 saturated carbocycles. The van der Waals surface area contributed by atoms with Crippen LogP contribution < -0.4 is 5.32 Å². The van der Waals surface area contributed by atoms with E-state index in [2.05, 4.69) is 5.32 Å². The van der Waals surface area contributed by atoms with Gasteiger partial charge in [-0.1, -0.05) is 12.1 Å². The number of hydrogen-bond acceptors (Lipinski definition) is 2. The summed E-state index contributed by atoms with van der Waals surface area (Å²) in [5.41, 5.74) is 1.39. The molecular weight excluding hydrogens is 360 g/mol. The molecule has 0 aromatic heterocycles. The number of carbonyl (C=O) groups excluding carboxylic acids is 1. The molecule has 98 valence electrons. The zero-order valence-corrected chi connectivity index (χ0v) is 12.0. The summed E-state index contributed by atoms with van der Waals surface area (Å²) in [7, 11) is 0. The van der Waals surface area contributed by atoms with Crippen molar-refractivity contribution in [3.63, 3.8) is 0 Å². The van der Waals surface area contributed by atoms with Crippen LogP contribution in [0.5, 0.6) is 5.75 Å². The molecule has 1 amide bonds. The lowest BCUT2D eigenvalue weighted by Crippen LogP contribution is -2.15. The van der Waals surface area contributed by atoms with E-state index < -0.39 is 0 Å². The minimum atomic E-state index is -0.332. The summed E-state index contributed by atoms with van der Waals surface area (Å²) in [5, 5.41) is 11.9. The van der Waals surface area contributed by atoms with Crippen molar-refractivity contribution in [2.24, 2.45) is 0 Å². The predicted molar refractivity (Wildman–Crippen MR) is 79.6 cm³/mol. The van der Waals surface area contributed by atoms with E-state index in [0.29, 0.717) is 9.26 Å². The maximum absolute atomic E-state index is 12.9. The molecule has 0 unspecified atom stereocenters. The molecule has 0 radical (unpaired) electrons. The normalized spacial score (nSPS) is 10.2. The van der Waals surface area contributed by atoms with Gasteiger partial charge in [0.25, 0.3) is 0 Å². The molecule has 2 N–H and O–H groups in total. The Bertz CT molecular complexity index is 599. The molecule has 0 saturated heterocycles. The van der Waals surface area contributed by atoms with Crippen molar-refractivity contribution in [2.45, 2.75) is 6.42 Å². The number of nitrogens with one attached hydrogen (secondary N) is 1. The molecule has 0 fully saturated rings.